The average Bonchev–Trinajstić information content (AvgIpc) is 3.03. The fraction of sp³-hybridized carbons (Fsp3) is 0.457. The standard InChI is InChI=1S/C35H42N4O9/c1-37(2)29-23-16-19-15-22-21(18-4-7-25(48-3)20(14-18)17-39-10-8-38(9-11-39)12-13-40)5-6-24(41)27(22)30(42)26(19)32(44)35(23,47)33(45)28(31(29)43)34(36)46/h4-7,14,19,23,29,40-41,43-44,47H,8-13,15-17H2,1-3H3,(H2,36,46)/t19-,23-,29-,35-/m1/s1. The molecule has 7 N–H and O–H groups in total. The van der Waals surface area contributed by atoms with E-state index < -0.39 is 58.0 Å². The number of hydrogen-bond donors (Lipinski definition) is 6. The topological polar surface area (TPSA) is 197 Å². The molecule has 0 unspecified atom stereocenters. The summed E-state index contributed by atoms with van der Waals surface area (Å²) in [6.07, 6.45) is 0.198. The zero-order valence-corrected chi connectivity index (χ0v) is 27.3. The molecular weight excluding hydrogens is 620 g/mol. The van der Waals surface area contributed by atoms with Crippen molar-refractivity contribution in [3.8, 4) is 22.6 Å². The van der Waals surface area contributed by atoms with Gasteiger partial charge in [-0.2, -0.15) is 0 Å². The summed E-state index contributed by atoms with van der Waals surface area (Å²) in [5.74, 6) is -6.13. The number of hydrogen-bond acceptors (Lipinski definition) is 12. The number of phenols is 1. The third-order valence-corrected chi connectivity index (χ3v) is 10.5. The number of aliphatic hydroxyl groups is 4. The first-order valence-corrected chi connectivity index (χ1v) is 16.1. The maximum atomic E-state index is 14.2. The number of amides is 1. The Kier molecular flexibility index (Phi) is 8.85. The van der Waals surface area contributed by atoms with Gasteiger partial charge in [0.2, 0.25) is 5.78 Å². The second-order valence-corrected chi connectivity index (χ2v) is 13.3. The number of ketones is 2. The minimum atomic E-state index is -2.69. The highest BCUT2D eigenvalue weighted by Gasteiger charge is 2.63. The first kappa shape index (κ1) is 33.6. The van der Waals surface area contributed by atoms with Crippen molar-refractivity contribution in [2.75, 3.05) is 60.5 Å². The molecule has 256 valence electrons. The number of rotatable bonds is 8. The van der Waals surface area contributed by atoms with Gasteiger partial charge in [-0.25, -0.2) is 0 Å². The van der Waals surface area contributed by atoms with Gasteiger partial charge in [-0.3, -0.25) is 29.1 Å². The monoisotopic (exact) mass is 662 g/mol. The molecule has 1 saturated heterocycles. The number of Topliss-reactive ketones (excluding diaryl/α,β-unsaturated/α-hetero) is 2. The second kappa shape index (κ2) is 12.6. The molecule has 0 aromatic heterocycles. The third kappa shape index (κ3) is 5.26. The molecule has 1 amide bonds. The summed E-state index contributed by atoms with van der Waals surface area (Å²) in [5, 5.41) is 54.7. The molecule has 0 bridgehead atoms. The highest BCUT2D eigenvalue weighted by molar-refractivity contribution is 6.24. The number of nitrogens with zero attached hydrogens (tertiary/aromatic N) is 3. The van der Waals surface area contributed by atoms with Crippen LogP contribution in [0.1, 0.15) is 27.9 Å². The number of allylic oxidation sites excluding steroid dienone is 1. The number of carbonyl (C=O) groups is 3. The van der Waals surface area contributed by atoms with Gasteiger partial charge in [0.15, 0.2) is 11.4 Å². The number of carbonyl (C=O) groups excluding carboxylic acids is 3. The van der Waals surface area contributed by atoms with E-state index in [1.807, 2.05) is 18.2 Å². The molecule has 4 atom stereocenters. The quantitative estimate of drug-likeness (QED) is 0.219. The molecule has 13 nitrogen and oxygen atoms in total. The van der Waals surface area contributed by atoms with Crippen LogP contribution < -0.4 is 10.5 Å². The van der Waals surface area contributed by atoms with Gasteiger partial charge in [-0.05, 0) is 67.7 Å². The third-order valence-electron chi connectivity index (χ3n) is 10.5. The molecule has 1 aliphatic heterocycles. The fourth-order valence-corrected chi connectivity index (χ4v) is 8.14. The lowest BCUT2D eigenvalue weighted by Gasteiger charge is -2.50. The SMILES string of the molecule is COc1ccc(-c2ccc(O)c3c2C[C@@H]2C[C@@H]4[C@@H](N(C)C)C(O)=C(C(N)=O)C(=O)[C@]4(O)C(O)=C2C3=O)cc1CN1CCN(CCO)CC1. The van der Waals surface area contributed by atoms with Crippen molar-refractivity contribution in [2.45, 2.75) is 31.0 Å². The van der Waals surface area contributed by atoms with Crippen LogP contribution in [0.25, 0.3) is 11.1 Å². The summed E-state index contributed by atoms with van der Waals surface area (Å²) >= 11 is 0. The number of piperazine rings is 1. The van der Waals surface area contributed by atoms with Crippen LogP contribution in [0.15, 0.2) is 53.0 Å². The number of nitrogens with two attached hydrogens (primary N) is 1. The maximum Gasteiger partial charge on any atom is 0.255 e. The fourth-order valence-electron chi connectivity index (χ4n) is 8.14. The minimum Gasteiger partial charge on any atom is -0.510 e. The first-order valence-electron chi connectivity index (χ1n) is 16.1. The Morgan fingerprint density at radius 1 is 1.06 bits per heavy atom. The number of methoxy groups -OCH3 is 1. The summed E-state index contributed by atoms with van der Waals surface area (Å²) in [6, 6.07) is 7.86. The number of aliphatic hydroxyl groups excluding tert-OH is 3. The predicted octanol–water partition coefficient (Wildman–Crippen LogP) is 0.906. The molecule has 1 fully saturated rings. The van der Waals surface area contributed by atoms with Gasteiger partial charge >= 0.3 is 0 Å². The first-order chi connectivity index (χ1) is 22.8. The average molecular weight is 663 g/mol. The van der Waals surface area contributed by atoms with E-state index in [2.05, 4.69) is 9.80 Å². The second-order valence-electron chi connectivity index (χ2n) is 13.3. The van der Waals surface area contributed by atoms with Crippen LogP contribution in [0.3, 0.4) is 0 Å². The summed E-state index contributed by atoms with van der Waals surface area (Å²) in [4.78, 5) is 46.0. The number of likely N-dealkylation sites (N-methyl/N-ethyl adjacent to an activating group) is 1. The number of primary amides is 1. The van der Waals surface area contributed by atoms with Crippen LogP contribution in [0.2, 0.25) is 0 Å². The molecule has 4 aliphatic rings. The van der Waals surface area contributed by atoms with Crippen molar-refractivity contribution in [1.82, 2.24) is 14.7 Å². The Bertz CT molecular complexity index is 1740. The maximum absolute atomic E-state index is 14.2. The van der Waals surface area contributed by atoms with E-state index in [1.165, 1.54) is 11.0 Å². The highest BCUT2D eigenvalue weighted by atomic mass is 16.5. The van der Waals surface area contributed by atoms with Crippen molar-refractivity contribution in [3.05, 3.63) is 69.7 Å². The lowest BCUT2D eigenvalue weighted by atomic mass is 9.58. The van der Waals surface area contributed by atoms with Crippen molar-refractivity contribution in [1.29, 1.82) is 0 Å². The zero-order valence-electron chi connectivity index (χ0n) is 27.3. The van der Waals surface area contributed by atoms with Gasteiger partial charge < -0.3 is 36.0 Å². The Hall–Kier alpha value is -4.27. The minimum absolute atomic E-state index is 0.0109. The van der Waals surface area contributed by atoms with Crippen LogP contribution in [0.4, 0.5) is 0 Å². The molecule has 1 heterocycles. The van der Waals surface area contributed by atoms with Crippen molar-refractivity contribution in [2.24, 2.45) is 17.6 Å². The Balaban J connectivity index is 1.41. The number of phenolic OH excluding ortho intramolecular Hbond substituents is 1. The predicted molar refractivity (Wildman–Crippen MR) is 174 cm³/mol. The number of fused-ring (bicyclic) bond motifs is 3. The van der Waals surface area contributed by atoms with E-state index in [4.69, 9.17) is 10.5 Å². The molecule has 48 heavy (non-hydrogen) atoms. The largest absolute Gasteiger partial charge is 0.510 e. The summed E-state index contributed by atoms with van der Waals surface area (Å²) < 4.78 is 5.69. The summed E-state index contributed by atoms with van der Waals surface area (Å²) in [6.45, 7) is 4.72. The number of ether oxygens (including phenoxy) is 1. The zero-order chi connectivity index (χ0) is 34.7. The van der Waals surface area contributed by atoms with Gasteiger partial charge in [-0.15, -0.1) is 0 Å². The van der Waals surface area contributed by atoms with Crippen LogP contribution in [-0.4, -0.2) is 130 Å². The number of benzene rings is 2. The Morgan fingerprint density at radius 2 is 1.75 bits per heavy atom. The van der Waals surface area contributed by atoms with E-state index in [9.17, 15) is 39.9 Å². The van der Waals surface area contributed by atoms with E-state index >= 15 is 0 Å². The van der Waals surface area contributed by atoms with Gasteiger partial charge in [0.25, 0.3) is 5.91 Å². The molecule has 0 saturated carbocycles. The molecule has 2 aromatic rings. The van der Waals surface area contributed by atoms with Crippen LogP contribution in [0, 0.1) is 11.8 Å². The van der Waals surface area contributed by atoms with Crippen molar-refractivity contribution in [3.63, 3.8) is 0 Å². The number of β-amino-alcohol motifs (C(OH)–C–C–N with tert-alkyl or cyclic N) is 1. The highest BCUT2D eigenvalue weighted by Crippen LogP contribution is 2.53. The molecular formula is C35H42N4O9. The van der Waals surface area contributed by atoms with E-state index in [1.54, 1.807) is 27.3 Å². The Morgan fingerprint density at radius 3 is 2.38 bits per heavy atom. The van der Waals surface area contributed by atoms with Crippen molar-refractivity contribution >= 4 is 17.5 Å². The van der Waals surface area contributed by atoms with E-state index in [0.29, 0.717) is 30.0 Å². The molecule has 2 aromatic carbocycles. The van der Waals surface area contributed by atoms with Crippen LogP contribution in [0.5, 0.6) is 11.5 Å². The summed E-state index contributed by atoms with van der Waals surface area (Å²) in [7, 11) is 4.80. The lowest BCUT2D eigenvalue weighted by Crippen LogP contribution is -2.63. The van der Waals surface area contributed by atoms with Gasteiger partial charge in [0, 0.05) is 56.3 Å². The molecule has 13 heteroatoms. The normalized spacial score (nSPS) is 26.4. The van der Waals surface area contributed by atoms with Gasteiger partial charge in [0.1, 0.15) is 28.6 Å². The van der Waals surface area contributed by atoms with E-state index in [-0.39, 0.29) is 36.3 Å². The van der Waals surface area contributed by atoms with Crippen molar-refractivity contribution < 1.29 is 44.7 Å². The van der Waals surface area contributed by atoms with Crippen LogP contribution in [-0.2, 0) is 22.6 Å². The molecule has 6 rings (SSSR count). The van der Waals surface area contributed by atoms with Crippen LogP contribution >= 0.6 is 0 Å². The van der Waals surface area contributed by atoms with Gasteiger partial charge in [-0.1, -0.05) is 12.1 Å². The smallest absolute Gasteiger partial charge is 0.255 e. The lowest BCUT2D eigenvalue weighted by molar-refractivity contribution is -0.148. The van der Waals surface area contributed by atoms with Gasteiger partial charge in [0.05, 0.1) is 25.3 Å². The molecule has 3 aliphatic carbocycles. The molecule has 0 spiro atoms. The van der Waals surface area contributed by atoms with E-state index in [0.717, 1.165) is 37.3 Å². The summed E-state index contributed by atoms with van der Waals surface area (Å²) in [5.41, 5.74) is 4.66. The Labute approximate surface area is 278 Å². The molecule has 0 radical (unpaired) electrons. The number of aromatic hydroxyl groups is 1.